The molecule has 2 aromatic heterocycles. The Kier molecular flexibility index (Phi) is 6.87. The van der Waals surface area contributed by atoms with Crippen LogP contribution in [0.4, 0.5) is 13.2 Å². The molecular formula is C21H16F3N3O3S. The summed E-state index contributed by atoms with van der Waals surface area (Å²) < 4.78 is 50.9. The van der Waals surface area contributed by atoms with Crippen molar-refractivity contribution < 1.29 is 27.1 Å². The first kappa shape index (κ1) is 22.2. The summed E-state index contributed by atoms with van der Waals surface area (Å²) in [6, 6.07) is 11.9. The lowest BCUT2D eigenvalue weighted by Gasteiger charge is -2.14. The maximum absolute atomic E-state index is 13.6. The number of benzene rings is 1. The zero-order valence-corrected chi connectivity index (χ0v) is 17.0. The van der Waals surface area contributed by atoms with Crippen molar-refractivity contribution in [1.29, 1.82) is 5.26 Å². The SMILES string of the molecule is COc1ccc(-c2cc(C(F)(F)F)c(C#N)c(SCCNC(=O)c3ccco3)n2)cc1. The molecule has 0 bridgehead atoms. The number of amides is 1. The van der Waals surface area contributed by atoms with Crippen molar-refractivity contribution in [2.75, 3.05) is 19.4 Å². The molecule has 0 spiro atoms. The van der Waals surface area contributed by atoms with Gasteiger partial charge in [-0.25, -0.2) is 4.98 Å². The number of pyridine rings is 1. The molecule has 31 heavy (non-hydrogen) atoms. The molecule has 1 aromatic carbocycles. The molecule has 0 saturated carbocycles. The number of halogens is 3. The molecule has 0 aliphatic heterocycles. The zero-order valence-electron chi connectivity index (χ0n) is 16.2. The largest absolute Gasteiger partial charge is 0.497 e. The fraction of sp³-hybridized carbons (Fsp3) is 0.190. The lowest BCUT2D eigenvalue weighted by atomic mass is 10.1. The fourth-order valence-corrected chi connectivity index (χ4v) is 3.53. The highest BCUT2D eigenvalue weighted by Crippen LogP contribution is 2.38. The van der Waals surface area contributed by atoms with Gasteiger partial charge >= 0.3 is 6.18 Å². The standard InChI is InChI=1S/C21H16F3N3O3S/c1-29-14-6-4-13(5-7-14)17-11-16(21(22,23)24)15(12-25)20(27-17)31-10-8-26-19(28)18-3-2-9-30-18/h2-7,9,11H,8,10H2,1H3,(H,26,28). The number of hydrogen-bond acceptors (Lipinski definition) is 6. The number of alkyl halides is 3. The first-order valence-corrected chi connectivity index (χ1v) is 9.93. The van der Waals surface area contributed by atoms with Crippen molar-refractivity contribution in [2.24, 2.45) is 0 Å². The van der Waals surface area contributed by atoms with Crippen LogP contribution in [0, 0.1) is 11.3 Å². The predicted octanol–water partition coefficient (Wildman–Crippen LogP) is 4.76. The topological polar surface area (TPSA) is 88.1 Å². The second kappa shape index (κ2) is 9.57. The number of carbonyl (C=O) groups excluding carboxylic acids is 1. The first-order chi connectivity index (χ1) is 14.8. The van der Waals surface area contributed by atoms with Gasteiger partial charge in [-0.3, -0.25) is 4.79 Å². The smallest absolute Gasteiger partial charge is 0.417 e. The Bertz CT molecular complexity index is 1090. The van der Waals surface area contributed by atoms with Crippen molar-refractivity contribution in [3.63, 3.8) is 0 Å². The average Bonchev–Trinajstić information content (AvgIpc) is 3.30. The van der Waals surface area contributed by atoms with Crippen LogP contribution >= 0.6 is 11.8 Å². The predicted molar refractivity (Wildman–Crippen MR) is 108 cm³/mol. The van der Waals surface area contributed by atoms with Gasteiger partial charge in [0.15, 0.2) is 5.76 Å². The minimum atomic E-state index is -4.72. The van der Waals surface area contributed by atoms with E-state index in [4.69, 9.17) is 9.15 Å². The van der Waals surface area contributed by atoms with Crippen LogP contribution < -0.4 is 10.1 Å². The van der Waals surface area contributed by atoms with Crippen LogP contribution in [-0.2, 0) is 6.18 Å². The fourth-order valence-electron chi connectivity index (χ4n) is 2.67. The lowest BCUT2D eigenvalue weighted by Crippen LogP contribution is -2.25. The van der Waals surface area contributed by atoms with E-state index < -0.39 is 23.2 Å². The minimum absolute atomic E-state index is 0.0598. The summed E-state index contributed by atoms with van der Waals surface area (Å²) >= 11 is 0.954. The summed E-state index contributed by atoms with van der Waals surface area (Å²) in [5, 5.41) is 11.9. The highest BCUT2D eigenvalue weighted by Gasteiger charge is 2.36. The molecule has 0 aliphatic rings. The van der Waals surface area contributed by atoms with Gasteiger partial charge in [-0.05, 0) is 42.5 Å². The average molecular weight is 447 g/mol. The Morgan fingerprint density at radius 2 is 2.03 bits per heavy atom. The molecule has 0 unspecified atom stereocenters. The van der Waals surface area contributed by atoms with E-state index in [1.165, 1.54) is 19.4 Å². The molecule has 2 heterocycles. The van der Waals surface area contributed by atoms with E-state index in [2.05, 4.69) is 10.3 Å². The molecule has 0 fully saturated rings. The van der Waals surface area contributed by atoms with E-state index in [-0.39, 0.29) is 28.8 Å². The van der Waals surface area contributed by atoms with Crippen LogP contribution in [0.3, 0.4) is 0 Å². The maximum Gasteiger partial charge on any atom is 0.417 e. The van der Waals surface area contributed by atoms with Crippen molar-refractivity contribution in [3.8, 4) is 23.1 Å². The first-order valence-electron chi connectivity index (χ1n) is 8.94. The summed E-state index contributed by atoms with van der Waals surface area (Å²) in [6.07, 6.45) is -3.37. The summed E-state index contributed by atoms with van der Waals surface area (Å²) in [4.78, 5) is 16.2. The van der Waals surface area contributed by atoms with E-state index in [1.54, 1.807) is 36.4 Å². The second-order valence-electron chi connectivity index (χ2n) is 6.15. The molecule has 0 radical (unpaired) electrons. The normalized spacial score (nSPS) is 11.1. The van der Waals surface area contributed by atoms with Gasteiger partial charge < -0.3 is 14.5 Å². The van der Waals surface area contributed by atoms with Gasteiger partial charge in [0.25, 0.3) is 5.91 Å². The van der Waals surface area contributed by atoms with E-state index in [0.717, 1.165) is 17.8 Å². The molecule has 10 heteroatoms. The third kappa shape index (κ3) is 5.38. The Morgan fingerprint density at radius 1 is 1.29 bits per heavy atom. The molecule has 160 valence electrons. The van der Waals surface area contributed by atoms with E-state index in [9.17, 15) is 23.2 Å². The molecule has 3 aromatic rings. The number of hydrogen-bond donors (Lipinski definition) is 1. The Balaban J connectivity index is 1.84. The van der Waals surface area contributed by atoms with Gasteiger partial charge in [0, 0.05) is 17.9 Å². The Morgan fingerprint density at radius 3 is 2.61 bits per heavy atom. The summed E-state index contributed by atoms with van der Waals surface area (Å²) in [6.45, 7) is 0.144. The lowest BCUT2D eigenvalue weighted by molar-refractivity contribution is -0.138. The number of carbonyl (C=O) groups is 1. The molecule has 0 atom stereocenters. The number of nitrogens with zero attached hydrogens (tertiary/aromatic N) is 2. The van der Waals surface area contributed by atoms with Gasteiger partial charge in [-0.2, -0.15) is 18.4 Å². The molecule has 6 nitrogen and oxygen atoms in total. The van der Waals surface area contributed by atoms with Crippen LogP contribution in [0.1, 0.15) is 21.7 Å². The van der Waals surface area contributed by atoms with Crippen LogP contribution in [0.15, 0.2) is 58.2 Å². The molecule has 1 amide bonds. The van der Waals surface area contributed by atoms with Crippen LogP contribution in [-0.4, -0.2) is 30.3 Å². The van der Waals surface area contributed by atoms with Gasteiger partial charge in [0.1, 0.15) is 16.8 Å². The van der Waals surface area contributed by atoms with Gasteiger partial charge in [0.05, 0.1) is 30.2 Å². The molecule has 0 aliphatic carbocycles. The number of ether oxygens (including phenoxy) is 1. The summed E-state index contributed by atoms with van der Waals surface area (Å²) in [5.74, 6) is 0.441. The van der Waals surface area contributed by atoms with Gasteiger partial charge in [-0.15, -0.1) is 11.8 Å². The third-order valence-electron chi connectivity index (χ3n) is 4.16. The van der Waals surface area contributed by atoms with Gasteiger partial charge in [-0.1, -0.05) is 0 Å². The number of nitrogens with one attached hydrogen (secondary N) is 1. The quantitative estimate of drug-likeness (QED) is 0.415. The number of furan rings is 1. The van der Waals surface area contributed by atoms with Crippen LogP contribution in [0.25, 0.3) is 11.3 Å². The second-order valence-corrected chi connectivity index (χ2v) is 7.24. The highest BCUT2D eigenvalue weighted by molar-refractivity contribution is 7.99. The van der Waals surface area contributed by atoms with E-state index in [0.29, 0.717) is 11.3 Å². The molecule has 3 rings (SSSR count). The molecular weight excluding hydrogens is 431 g/mol. The highest BCUT2D eigenvalue weighted by atomic mass is 32.2. The summed E-state index contributed by atoms with van der Waals surface area (Å²) in [5.41, 5.74) is -1.08. The Labute approximate surface area is 180 Å². The Hall–Kier alpha value is -3.45. The maximum atomic E-state index is 13.6. The van der Waals surface area contributed by atoms with Crippen molar-refractivity contribution in [1.82, 2.24) is 10.3 Å². The summed E-state index contributed by atoms with van der Waals surface area (Å²) in [7, 11) is 1.48. The van der Waals surface area contributed by atoms with E-state index >= 15 is 0 Å². The number of thioether (sulfide) groups is 1. The van der Waals surface area contributed by atoms with Crippen LogP contribution in [0.5, 0.6) is 5.75 Å². The third-order valence-corrected chi connectivity index (χ3v) is 5.14. The van der Waals surface area contributed by atoms with E-state index in [1.807, 2.05) is 0 Å². The monoisotopic (exact) mass is 447 g/mol. The number of rotatable bonds is 7. The number of aromatic nitrogens is 1. The molecule has 0 saturated heterocycles. The molecule has 1 N–H and O–H groups in total. The number of methoxy groups -OCH3 is 1. The van der Waals surface area contributed by atoms with Crippen molar-refractivity contribution in [2.45, 2.75) is 11.2 Å². The van der Waals surface area contributed by atoms with Crippen molar-refractivity contribution >= 4 is 17.7 Å². The minimum Gasteiger partial charge on any atom is -0.497 e. The van der Waals surface area contributed by atoms with Crippen molar-refractivity contribution in [3.05, 3.63) is 65.6 Å². The van der Waals surface area contributed by atoms with Gasteiger partial charge in [0.2, 0.25) is 0 Å². The number of nitriles is 1. The van der Waals surface area contributed by atoms with Crippen LogP contribution in [0.2, 0.25) is 0 Å². The zero-order chi connectivity index (χ0) is 22.4.